The van der Waals surface area contributed by atoms with Gasteiger partial charge in [-0.3, -0.25) is 14.8 Å². The Balaban J connectivity index is 1.38. The fraction of sp³-hybridized carbons (Fsp3) is 0.250. The maximum absolute atomic E-state index is 15.1. The SMILES string of the molecule is CNCCOc1cc2nccc(Oc3ccc(NC(=O)c4cnccc4OC4CC4)c(F)c3F)c2cc1OC. The number of carbonyl (C=O) groups is 1. The fourth-order valence-corrected chi connectivity index (χ4v) is 3.79. The summed E-state index contributed by atoms with van der Waals surface area (Å²) in [6.07, 6.45) is 6.15. The largest absolute Gasteiger partial charge is 0.493 e. The highest BCUT2D eigenvalue weighted by atomic mass is 19.2. The molecule has 11 heteroatoms. The fourth-order valence-electron chi connectivity index (χ4n) is 3.79. The molecule has 2 aromatic heterocycles. The van der Waals surface area contributed by atoms with Gasteiger partial charge in [0, 0.05) is 36.6 Å². The van der Waals surface area contributed by atoms with Gasteiger partial charge in [0.15, 0.2) is 23.1 Å². The third-order valence-corrected chi connectivity index (χ3v) is 5.96. The Hall–Kier alpha value is -4.51. The van der Waals surface area contributed by atoms with E-state index in [9.17, 15) is 4.79 Å². The summed E-state index contributed by atoms with van der Waals surface area (Å²) in [5.74, 6) is -2.10. The Morgan fingerprint density at radius 3 is 2.59 bits per heavy atom. The van der Waals surface area contributed by atoms with Crippen LogP contribution in [0.2, 0.25) is 0 Å². The third-order valence-electron chi connectivity index (χ3n) is 5.96. The van der Waals surface area contributed by atoms with Crippen LogP contribution in [0.4, 0.5) is 14.5 Å². The van der Waals surface area contributed by atoms with Crippen LogP contribution in [0.15, 0.2) is 55.0 Å². The van der Waals surface area contributed by atoms with Gasteiger partial charge in [-0.1, -0.05) is 0 Å². The maximum atomic E-state index is 15.1. The van der Waals surface area contributed by atoms with E-state index in [1.807, 2.05) is 7.05 Å². The van der Waals surface area contributed by atoms with E-state index in [1.54, 1.807) is 18.2 Å². The van der Waals surface area contributed by atoms with Gasteiger partial charge in [-0.05, 0) is 50.2 Å². The predicted octanol–water partition coefficient (Wildman–Crippen LogP) is 5.10. The van der Waals surface area contributed by atoms with Crippen LogP contribution in [0.25, 0.3) is 10.9 Å². The average Bonchev–Trinajstić information content (AvgIpc) is 3.77. The van der Waals surface area contributed by atoms with Crippen molar-refractivity contribution in [1.82, 2.24) is 15.3 Å². The van der Waals surface area contributed by atoms with Crippen molar-refractivity contribution in [3.8, 4) is 28.7 Å². The first-order chi connectivity index (χ1) is 19.0. The average molecular weight is 537 g/mol. The van der Waals surface area contributed by atoms with Crippen LogP contribution in [-0.2, 0) is 0 Å². The van der Waals surface area contributed by atoms with Gasteiger partial charge in [0.25, 0.3) is 5.91 Å². The van der Waals surface area contributed by atoms with E-state index in [1.165, 1.54) is 43.9 Å². The molecule has 1 amide bonds. The number of fused-ring (bicyclic) bond motifs is 1. The molecule has 2 heterocycles. The molecule has 0 bridgehead atoms. The van der Waals surface area contributed by atoms with E-state index in [4.69, 9.17) is 18.9 Å². The minimum absolute atomic E-state index is 0.0475. The van der Waals surface area contributed by atoms with Gasteiger partial charge < -0.3 is 29.6 Å². The maximum Gasteiger partial charge on any atom is 0.261 e. The summed E-state index contributed by atoms with van der Waals surface area (Å²) in [5.41, 5.74) is 0.282. The number of anilines is 1. The normalized spacial score (nSPS) is 12.7. The van der Waals surface area contributed by atoms with Crippen molar-refractivity contribution in [3.05, 3.63) is 72.2 Å². The number of carbonyl (C=O) groups excluding carboxylic acids is 1. The summed E-state index contributed by atoms with van der Waals surface area (Å²) in [6, 6.07) is 8.89. The lowest BCUT2D eigenvalue weighted by Gasteiger charge is -2.15. The summed E-state index contributed by atoms with van der Waals surface area (Å²) in [7, 11) is 3.31. The number of ether oxygens (including phenoxy) is 4. The molecule has 5 rings (SSSR count). The minimum atomic E-state index is -1.27. The highest BCUT2D eigenvalue weighted by molar-refractivity contribution is 6.06. The van der Waals surface area contributed by atoms with Crippen LogP contribution in [0.5, 0.6) is 28.7 Å². The van der Waals surface area contributed by atoms with Crippen molar-refractivity contribution in [2.75, 3.05) is 32.6 Å². The van der Waals surface area contributed by atoms with E-state index in [0.29, 0.717) is 41.3 Å². The van der Waals surface area contributed by atoms with Crippen molar-refractivity contribution >= 4 is 22.5 Å². The van der Waals surface area contributed by atoms with Gasteiger partial charge in [-0.2, -0.15) is 4.39 Å². The van der Waals surface area contributed by atoms with Gasteiger partial charge in [0.1, 0.15) is 18.1 Å². The first-order valence-electron chi connectivity index (χ1n) is 12.3. The molecule has 0 spiro atoms. The van der Waals surface area contributed by atoms with Gasteiger partial charge in [0.05, 0.1) is 30.0 Å². The number of nitrogens with zero attached hydrogens (tertiary/aromatic N) is 2. The Morgan fingerprint density at radius 1 is 1.00 bits per heavy atom. The number of aromatic nitrogens is 2. The predicted molar refractivity (Wildman–Crippen MR) is 140 cm³/mol. The van der Waals surface area contributed by atoms with Gasteiger partial charge >= 0.3 is 0 Å². The van der Waals surface area contributed by atoms with E-state index >= 15 is 8.78 Å². The van der Waals surface area contributed by atoms with Crippen LogP contribution in [0.3, 0.4) is 0 Å². The smallest absolute Gasteiger partial charge is 0.261 e. The second-order valence-electron chi connectivity index (χ2n) is 8.77. The summed E-state index contributed by atoms with van der Waals surface area (Å²) >= 11 is 0. The molecule has 1 fully saturated rings. The summed E-state index contributed by atoms with van der Waals surface area (Å²) in [6.45, 7) is 1.05. The number of hydrogen-bond donors (Lipinski definition) is 2. The highest BCUT2D eigenvalue weighted by Crippen LogP contribution is 2.38. The molecule has 0 saturated heterocycles. The van der Waals surface area contributed by atoms with Crippen molar-refractivity contribution in [3.63, 3.8) is 0 Å². The molecule has 9 nitrogen and oxygen atoms in total. The van der Waals surface area contributed by atoms with Crippen molar-refractivity contribution in [2.45, 2.75) is 18.9 Å². The van der Waals surface area contributed by atoms with Crippen LogP contribution in [0, 0.1) is 11.6 Å². The Labute approximate surface area is 223 Å². The number of amides is 1. The minimum Gasteiger partial charge on any atom is -0.493 e. The summed E-state index contributed by atoms with van der Waals surface area (Å²) in [4.78, 5) is 21.1. The number of hydrogen-bond acceptors (Lipinski definition) is 8. The van der Waals surface area contributed by atoms with E-state index in [-0.39, 0.29) is 28.9 Å². The van der Waals surface area contributed by atoms with Crippen LogP contribution in [0.1, 0.15) is 23.2 Å². The van der Waals surface area contributed by atoms with Crippen molar-refractivity contribution in [1.29, 1.82) is 0 Å². The summed E-state index contributed by atoms with van der Waals surface area (Å²) in [5, 5.41) is 5.89. The standard InChI is InChI=1S/C28H26F2N4O5/c1-31-11-12-37-25-14-20-17(13-24(25)36-2)21(8-10-33-20)39-23-6-5-19(26(29)27(23)30)34-28(35)18-15-32-9-7-22(18)38-16-3-4-16/h5-10,13-16,31H,3-4,11-12H2,1-2H3,(H,34,35). The molecule has 4 aromatic rings. The molecule has 0 unspecified atom stereocenters. The monoisotopic (exact) mass is 536 g/mol. The molecule has 1 saturated carbocycles. The van der Waals surface area contributed by atoms with E-state index in [0.717, 1.165) is 12.8 Å². The number of nitrogens with one attached hydrogen (secondary N) is 2. The number of methoxy groups -OCH3 is 1. The molecule has 202 valence electrons. The molecule has 1 aliphatic rings. The van der Waals surface area contributed by atoms with Crippen molar-refractivity contribution < 1.29 is 32.5 Å². The quantitative estimate of drug-likeness (QED) is 0.255. The summed E-state index contributed by atoms with van der Waals surface area (Å²) < 4.78 is 52.8. The molecule has 0 atom stereocenters. The Morgan fingerprint density at radius 2 is 1.82 bits per heavy atom. The van der Waals surface area contributed by atoms with Crippen LogP contribution in [-0.4, -0.2) is 49.3 Å². The first kappa shape index (κ1) is 26.1. The molecule has 0 radical (unpaired) electrons. The van der Waals surface area contributed by atoms with Crippen molar-refractivity contribution in [2.24, 2.45) is 0 Å². The number of halogens is 2. The molecular formula is C28H26F2N4O5. The zero-order valence-electron chi connectivity index (χ0n) is 21.3. The lowest BCUT2D eigenvalue weighted by Crippen LogP contribution is -2.16. The number of rotatable bonds is 11. The number of benzene rings is 2. The number of pyridine rings is 2. The van der Waals surface area contributed by atoms with Gasteiger partial charge in [0.2, 0.25) is 5.82 Å². The first-order valence-corrected chi connectivity index (χ1v) is 12.3. The molecular weight excluding hydrogens is 510 g/mol. The van der Waals surface area contributed by atoms with Gasteiger partial charge in [-0.15, -0.1) is 0 Å². The molecule has 1 aliphatic carbocycles. The topological polar surface area (TPSA) is 104 Å². The van der Waals surface area contributed by atoms with Crippen LogP contribution < -0.4 is 29.6 Å². The second kappa shape index (κ2) is 11.5. The van der Waals surface area contributed by atoms with Crippen LogP contribution >= 0.6 is 0 Å². The zero-order chi connectivity index (χ0) is 27.4. The molecule has 0 aliphatic heterocycles. The Kier molecular flexibility index (Phi) is 7.69. The zero-order valence-corrected chi connectivity index (χ0v) is 21.3. The van der Waals surface area contributed by atoms with Gasteiger partial charge in [-0.25, -0.2) is 4.39 Å². The lowest BCUT2D eigenvalue weighted by atomic mass is 10.1. The van der Waals surface area contributed by atoms with E-state index < -0.39 is 17.5 Å². The number of likely N-dealkylation sites (N-methyl/N-ethyl adjacent to an activating group) is 1. The Bertz CT molecular complexity index is 1510. The second-order valence-corrected chi connectivity index (χ2v) is 8.77. The highest BCUT2D eigenvalue weighted by Gasteiger charge is 2.26. The molecule has 39 heavy (non-hydrogen) atoms. The lowest BCUT2D eigenvalue weighted by molar-refractivity contribution is 0.102. The molecule has 2 aromatic carbocycles. The molecule has 2 N–H and O–H groups in total. The third kappa shape index (κ3) is 5.83. The van der Waals surface area contributed by atoms with E-state index in [2.05, 4.69) is 20.6 Å².